The van der Waals surface area contributed by atoms with Crippen molar-refractivity contribution in [1.82, 2.24) is 10.3 Å². The Kier molecular flexibility index (Phi) is 5.73. The number of aromatic hydroxyl groups is 1. The molecule has 2 aromatic rings. The van der Waals surface area contributed by atoms with Gasteiger partial charge in [-0.05, 0) is 19.1 Å². The molecule has 0 radical (unpaired) electrons. The molecule has 0 aromatic heterocycles. The average molecular weight is 360 g/mol. The van der Waals surface area contributed by atoms with Crippen molar-refractivity contribution in [3.8, 4) is 5.75 Å². The highest BCUT2D eigenvalue weighted by atomic mass is 16.3. The Morgan fingerprint density at radius 3 is 2.38 bits per heavy atom. The molecule has 0 unspecified atom stereocenters. The smallest absolute Gasteiger partial charge is 0.257 e. The van der Waals surface area contributed by atoms with Crippen LogP contribution in [0.2, 0.25) is 0 Å². The quantitative estimate of drug-likeness (QED) is 0.229. The summed E-state index contributed by atoms with van der Waals surface area (Å²) in [5.74, 6) is -0.745. The second kappa shape index (κ2) is 7.79. The lowest BCUT2D eigenvalue weighted by atomic mass is 10.1. The maximum Gasteiger partial charge on any atom is 0.257 e. The van der Waals surface area contributed by atoms with E-state index in [2.05, 4.69) is 16.2 Å². The predicted molar refractivity (Wildman–Crippen MR) is 97.7 cm³/mol. The number of hydrogen-bond donors (Lipinski definition) is 4. The van der Waals surface area contributed by atoms with Crippen LogP contribution < -0.4 is 27.0 Å². The lowest BCUT2D eigenvalue weighted by Gasteiger charge is -2.17. The largest absolute Gasteiger partial charge is 0.505 e. The highest BCUT2D eigenvalue weighted by Gasteiger charge is 2.23. The SMILES string of the molecule is CC(=O)CCNNc1c(Nc2cccc(C(=O)N(C)C)c2O)c(=O)c1=O. The molecule has 9 heteroatoms. The lowest BCUT2D eigenvalue weighted by Crippen LogP contribution is -2.40. The zero-order valence-electron chi connectivity index (χ0n) is 14.7. The Labute approximate surface area is 149 Å². The Balaban J connectivity index is 2.20. The van der Waals surface area contributed by atoms with Gasteiger partial charge < -0.3 is 20.7 Å². The van der Waals surface area contributed by atoms with E-state index >= 15 is 0 Å². The fourth-order valence-corrected chi connectivity index (χ4v) is 2.21. The Morgan fingerprint density at radius 1 is 1.12 bits per heavy atom. The van der Waals surface area contributed by atoms with Gasteiger partial charge in [-0.25, -0.2) is 5.43 Å². The molecule has 0 aliphatic carbocycles. The van der Waals surface area contributed by atoms with Crippen molar-refractivity contribution in [2.75, 3.05) is 31.4 Å². The molecule has 1 amide bonds. The fourth-order valence-electron chi connectivity index (χ4n) is 2.21. The molecule has 2 rings (SSSR count). The van der Waals surface area contributed by atoms with Crippen LogP contribution in [0.1, 0.15) is 23.7 Å². The van der Waals surface area contributed by atoms with E-state index in [1.165, 1.54) is 24.0 Å². The summed E-state index contributed by atoms with van der Waals surface area (Å²) in [5.41, 5.74) is 3.96. The topological polar surface area (TPSA) is 128 Å². The monoisotopic (exact) mass is 360 g/mol. The number of benzene rings is 1. The summed E-state index contributed by atoms with van der Waals surface area (Å²) in [6.07, 6.45) is 0.265. The van der Waals surface area contributed by atoms with E-state index in [0.717, 1.165) is 0 Å². The number of rotatable bonds is 8. The number of phenols is 1. The Hall–Kier alpha value is -3.20. The molecule has 0 aliphatic rings. The highest BCUT2D eigenvalue weighted by Crippen LogP contribution is 2.31. The minimum absolute atomic E-state index is 0.00212. The van der Waals surface area contributed by atoms with E-state index in [0.29, 0.717) is 0 Å². The Morgan fingerprint density at radius 2 is 1.77 bits per heavy atom. The van der Waals surface area contributed by atoms with Crippen LogP contribution in [0.3, 0.4) is 0 Å². The number of ketones is 1. The number of amides is 1. The highest BCUT2D eigenvalue weighted by molar-refractivity contribution is 5.99. The van der Waals surface area contributed by atoms with Gasteiger partial charge in [0.2, 0.25) is 0 Å². The number of Topliss-reactive ketones (excluding diaryl/α,β-unsaturated/α-hetero) is 1. The number of nitrogens with one attached hydrogen (secondary N) is 3. The first-order valence-electron chi connectivity index (χ1n) is 7.86. The second-order valence-electron chi connectivity index (χ2n) is 5.94. The van der Waals surface area contributed by atoms with E-state index in [1.54, 1.807) is 20.2 Å². The molecule has 0 spiro atoms. The van der Waals surface area contributed by atoms with Crippen molar-refractivity contribution in [2.45, 2.75) is 13.3 Å². The molecule has 9 nitrogen and oxygen atoms in total. The van der Waals surface area contributed by atoms with Gasteiger partial charge in [-0.1, -0.05) is 6.07 Å². The number of hydrazine groups is 1. The number of phenolic OH excluding ortho intramolecular Hbond substituents is 1. The lowest BCUT2D eigenvalue weighted by molar-refractivity contribution is -0.116. The first-order chi connectivity index (χ1) is 12.2. The second-order valence-corrected chi connectivity index (χ2v) is 5.94. The third-order valence-electron chi connectivity index (χ3n) is 3.66. The third kappa shape index (κ3) is 3.89. The number of hydrogen-bond acceptors (Lipinski definition) is 8. The summed E-state index contributed by atoms with van der Waals surface area (Å²) in [7, 11) is 3.10. The predicted octanol–water partition coefficient (Wildman–Crippen LogP) is 0.329. The first kappa shape index (κ1) is 19.1. The van der Waals surface area contributed by atoms with E-state index < -0.39 is 16.8 Å². The zero-order chi connectivity index (χ0) is 19.4. The third-order valence-corrected chi connectivity index (χ3v) is 3.66. The van der Waals surface area contributed by atoms with Crippen LogP contribution >= 0.6 is 0 Å². The van der Waals surface area contributed by atoms with Crippen LogP contribution in [0.15, 0.2) is 27.8 Å². The molecule has 138 valence electrons. The molecule has 0 bridgehead atoms. The average Bonchev–Trinajstić information content (AvgIpc) is 2.60. The van der Waals surface area contributed by atoms with Gasteiger partial charge in [-0.2, -0.15) is 0 Å². The zero-order valence-corrected chi connectivity index (χ0v) is 14.7. The van der Waals surface area contributed by atoms with Gasteiger partial charge in [0.25, 0.3) is 16.8 Å². The number of anilines is 3. The number of para-hydroxylation sites is 1. The van der Waals surface area contributed by atoms with Crippen molar-refractivity contribution in [2.24, 2.45) is 0 Å². The number of carbonyl (C=O) groups is 2. The van der Waals surface area contributed by atoms with Crippen LogP contribution in [0, 0.1) is 0 Å². The van der Waals surface area contributed by atoms with Gasteiger partial charge in [0.1, 0.15) is 17.2 Å². The van der Waals surface area contributed by atoms with Crippen LogP contribution in [-0.4, -0.2) is 42.3 Å². The van der Waals surface area contributed by atoms with Crippen molar-refractivity contribution in [3.63, 3.8) is 0 Å². The van der Waals surface area contributed by atoms with E-state index in [4.69, 9.17) is 0 Å². The minimum Gasteiger partial charge on any atom is -0.505 e. The van der Waals surface area contributed by atoms with Gasteiger partial charge in [0, 0.05) is 27.1 Å². The van der Waals surface area contributed by atoms with E-state index in [1.807, 2.05) is 0 Å². The van der Waals surface area contributed by atoms with Gasteiger partial charge >= 0.3 is 0 Å². The summed E-state index contributed by atoms with van der Waals surface area (Å²) in [4.78, 5) is 47.8. The first-order valence-corrected chi connectivity index (χ1v) is 7.86. The molecule has 0 fully saturated rings. The van der Waals surface area contributed by atoms with Gasteiger partial charge in [-0.3, -0.25) is 19.2 Å². The van der Waals surface area contributed by atoms with Gasteiger partial charge in [0.15, 0.2) is 5.75 Å². The van der Waals surface area contributed by atoms with Crippen molar-refractivity contribution in [3.05, 3.63) is 44.2 Å². The van der Waals surface area contributed by atoms with E-state index in [9.17, 15) is 24.3 Å². The molecule has 0 aliphatic heterocycles. The fraction of sp³-hybridized carbons (Fsp3) is 0.294. The van der Waals surface area contributed by atoms with Crippen LogP contribution in [0.25, 0.3) is 0 Å². The van der Waals surface area contributed by atoms with Gasteiger partial charge in [0.05, 0.1) is 11.3 Å². The maximum atomic E-state index is 12.1. The molecular formula is C17H20N4O5. The van der Waals surface area contributed by atoms with Crippen molar-refractivity contribution >= 4 is 28.8 Å². The molecule has 2 aromatic carbocycles. The molecule has 0 saturated heterocycles. The Bertz CT molecular complexity index is 912. The molecule has 26 heavy (non-hydrogen) atoms. The molecule has 0 saturated carbocycles. The van der Waals surface area contributed by atoms with Crippen LogP contribution in [-0.2, 0) is 4.79 Å². The molecular weight excluding hydrogens is 340 g/mol. The van der Waals surface area contributed by atoms with Crippen molar-refractivity contribution < 1.29 is 14.7 Å². The maximum absolute atomic E-state index is 12.1. The van der Waals surface area contributed by atoms with Crippen LogP contribution in [0.4, 0.5) is 17.1 Å². The molecule has 4 N–H and O–H groups in total. The summed E-state index contributed by atoms with van der Waals surface area (Å²) in [6, 6.07) is 4.47. The number of carbonyl (C=O) groups excluding carboxylic acids is 2. The van der Waals surface area contributed by atoms with Crippen molar-refractivity contribution in [1.29, 1.82) is 0 Å². The van der Waals surface area contributed by atoms with Crippen LogP contribution in [0.5, 0.6) is 5.75 Å². The summed E-state index contributed by atoms with van der Waals surface area (Å²) in [6.45, 7) is 1.72. The summed E-state index contributed by atoms with van der Waals surface area (Å²) in [5, 5.41) is 13.0. The molecule has 0 atom stereocenters. The van der Waals surface area contributed by atoms with E-state index in [-0.39, 0.29) is 47.1 Å². The molecule has 0 heterocycles. The normalized spacial score (nSPS) is 10.6. The summed E-state index contributed by atoms with van der Waals surface area (Å²) >= 11 is 0. The minimum atomic E-state index is -0.746. The van der Waals surface area contributed by atoms with Gasteiger partial charge in [-0.15, -0.1) is 0 Å². The standard InChI is InChI=1S/C17H20N4O5/c1-9(22)7-8-18-20-13-12(15(24)16(13)25)19-11-6-4-5-10(14(11)23)17(26)21(2)3/h4-6,18-20,23H,7-8H2,1-3H3. The summed E-state index contributed by atoms with van der Waals surface area (Å²) < 4.78 is 0. The number of nitrogens with zero attached hydrogens (tertiary/aromatic N) is 1.